The Morgan fingerprint density at radius 1 is 1.38 bits per heavy atom. The maximum Gasteiger partial charge on any atom is 0.234 e. The molecule has 1 N–H and O–H groups in total. The summed E-state index contributed by atoms with van der Waals surface area (Å²) in [4.78, 5) is 13.1. The van der Waals surface area contributed by atoms with Crippen LogP contribution in [0.2, 0.25) is 0 Å². The van der Waals surface area contributed by atoms with Gasteiger partial charge in [-0.2, -0.15) is 0 Å². The van der Waals surface area contributed by atoms with Crippen molar-refractivity contribution in [1.29, 1.82) is 0 Å². The zero-order chi connectivity index (χ0) is 10.1. The summed E-state index contributed by atoms with van der Waals surface area (Å²) >= 11 is 0. The number of nitrogens with one attached hydrogen (secondary N) is 1. The molecular weight excluding hydrogens is 164 g/mol. The van der Waals surface area contributed by atoms with Gasteiger partial charge >= 0.3 is 0 Å². The summed E-state index contributed by atoms with van der Waals surface area (Å²) in [5.74, 6) is 0.0474. The highest BCUT2D eigenvalue weighted by Crippen LogP contribution is 1.88. The molecule has 74 valence electrons. The first-order valence-corrected chi connectivity index (χ1v) is 4.45. The normalized spacial score (nSPS) is 9.69. The van der Waals surface area contributed by atoms with Crippen molar-refractivity contribution >= 4 is 5.91 Å². The lowest BCUT2D eigenvalue weighted by atomic mass is 10.4. The summed E-state index contributed by atoms with van der Waals surface area (Å²) in [5.41, 5.74) is 0. The van der Waals surface area contributed by atoms with Gasteiger partial charge < -0.3 is 5.32 Å². The highest BCUT2D eigenvalue weighted by Gasteiger charge is 2.05. The fourth-order valence-corrected chi connectivity index (χ4v) is 1.02. The van der Waals surface area contributed by atoms with E-state index >= 15 is 0 Å². The van der Waals surface area contributed by atoms with Gasteiger partial charge in [0.1, 0.15) is 0 Å². The molecule has 0 saturated carbocycles. The summed E-state index contributed by atoms with van der Waals surface area (Å²) in [5, 5.41) is 2.74. The number of carbonyl (C=O) groups is 1. The molecule has 0 fully saturated rings. The Balaban J connectivity index is 3.84. The number of nitrogens with zero attached hydrogens (tertiary/aromatic N) is 1. The van der Waals surface area contributed by atoms with Gasteiger partial charge in [-0.3, -0.25) is 9.69 Å². The molecule has 0 aliphatic carbocycles. The molecule has 0 aliphatic heterocycles. The molecule has 0 heterocycles. The average molecular weight is 182 g/mol. The van der Waals surface area contributed by atoms with Gasteiger partial charge in [-0.1, -0.05) is 12.2 Å². The number of likely N-dealkylation sites (N-methyl/N-ethyl adjacent to an activating group) is 1. The average Bonchev–Trinajstić information content (AvgIpc) is 2.05. The van der Waals surface area contributed by atoms with Crippen LogP contribution in [0.5, 0.6) is 0 Å². The maximum atomic E-state index is 11.2. The van der Waals surface area contributed by atoms with E-state index < -0.39 is 0 Å². The highest BCUT2D eigenvalue weighted by molar-refractivity contribution is 5.77. The summed E-state index contributed by atoms with van der Waals surface area (Å²) in [6.45, 7) is 11.7. The van der Waals surface area contributed by atoms with Gasteiger partial charge in [0.05, 0.1) is 6.54 Å². The van der Waals surface area contributed by atoms with Gasteiger partial charge in [-0.05, 0) is 6.92 Å². The van der Waals surface area contributed by atoms with E-state index in [4.69, 9.17) is 0 Å². The van der Waals surface area contributed by atoms with E-state index in [1.54, 1.807) is 12.2 Å². The molecule has 0 bridgehead atoms. The Bertz CT molecular complexity index is 168. The lowest BCUT2D eigenvalue weighted by molar-refractivity contribution is -0.121. The van der Waals surface area contributed by atoms with E-state index in [1.165, 1.54) is 0 Å². The molecule has 0 unspecified atom stereocenters. The smallest absolute Gasteiger partial charge is 0.234 e. The Kier molecular flexibility index (Phi) is 6.92. The van der Waals surface area contributed by atoms with Crippen molar-refractivity contribution in [2.24, 2.45) is 0 Å². The van der Waals surface area contributed by atoms with Crippen molar-refractivity contribution in [3.05, 3.63) is 25.3 Å². The van der Waals surface area contributed by atoms with Gasteiger partial charge in [-0.25, -0.2) is 0 Å². The van der Waals surface area contributed by atoms with Crippen LogP contribution in [0, 0.1) is 0 Å². The molecule has 3 nitrogen and oxygen atoms in total. The van der Waals surface area contributed by atoms with Crippen molar-refractivity contribution in [1.82, 2.24) is 10.2 Å². The highest BCUT2D eigenvalue weighted by atomic mass is 16.2. The second-order valence-electron chi connectivity index (χ2n) is 2.72. The summed E-state index contributed by atoms with van der Waals surface area (Å²) in [6.07, 6.45) is 3.56. The molecule has 0 rings (SSSR count). The lowest BCUT2D eigenvalue weighted by Crippen LogP contribution is -2.37. The van der Waals surface area contributed by atoms with Crippen molar-refractivity contribution in [3.63, 3.8) is 0 Å². The fraction of sp³-hybridized carbons (Fsp3) is 0.500. The predicted octanol–water partition coefficient (Wildman–Crippen LogP) is 0.796. The lowest BCUT2D eigenvalue weighted by Gasteiger charge is -2.17. The zero-order valence-corrected chi connectivity index (χ0v) is 8.25. The molecule has 3 heteroatoms. The Morgan fingerprint density at radius 2 is 1.92 bits per heavy atom. The molecule has 0 spiro atoms. The first-order valence-electron chi connectivity index (χ1n) is 4.45. The second-order valence-corrected chi connectivity index (χ2v) is 2.72. The predicted molar refractivity (Wildman–Crippen MR) is 55.5 cm³/mol. The van der Waals surface area contributed by atoms with E-state index in [1.807, 2.05) is 11.8 Å². The number of hydrogen-bond donors (Lipinski definition) is 1. The number of hydrogen-bond acceptors (Lipinski definition) is 2. The molecule has 1 amide bonds. The Labute approximate surface area is 80.1 Å². The van der Waals surface area contributed by atoms with Crippen LogP contribution in [0.4, 0.5) is 0 Å². The number of carbonyl (C=O) groups excluding carboxylic acids is 1. The zero-order valence-electron chi connectivity index (χ0n) is 8.25. The van der Waals surface area contributed by atoms with Gasteiger partial charge in [0, 0.05) is 19.6 Å². The third kappa shape index (κ3) is 6.11. The second kappa shape index (κ2) is 7.55. The summed E-state index contributed by atoms with van der Waals surface area (Å²) in [6, 6.07) is 0. The van der Waals surface area contributed by atoms with Gasteiger partial charge in [-0.15, -0.1) is 13.2 Å². The minimum atomic E-state index is 0.0474. The minimum Gasteiger partial charge on any atom is -0.355 e. The van der Waals surface area contributed by atoms with Crippen LogP contribution in [0.3, 0.4) is 0 Å². The topological polar surface area (TPSA) is 32.3 Å². The SMILES string of the molecule is C=CCN(CC=C)CC(=O)NCC. The molecule has 0 aromatic rings. The van der Waals surface area contributed by atoms with Gasteiger partial charge in [0.15, 0.2) is 0 Å². The van der Waals surface area contributed by atoms with Crippen molar-refractivity contribution in [2.45, 2.75) is 6.92 Å². The van der Waals surface area contributed by atoms with Crippen LogP contribution >= 0.6 is 0 Å². The molecule has 0 aliphatic rings. The molecule has 0 saturated heterocycles. The van der Waals surface area contributed by atoms with Crippen LogP contribution in [0.15, 0.2) is 25.3 Å². The third-order valence-corrected chi connectivity index (χ3v) is 1.52. The maximum absolute atomic E-state index is 11.2. The Hall–Kier alpha value is -1.09. The monoisotopic (exact) mass is 182 g/mol. The largest absolute Gasteiger partial charge is 0.355 e. The molecule has 0 aromatic carbocycles. The Morgan fingerprint density at radius 3 is 2.31 bits per heavy atom. The third-order valence-electron chi connectivity index (χ3n) is 1.52. The standard InChI is InChI=1S/C10H18N2O/c1-4-7-12(8-5-2)9-10(13)11-6-3/h4-5H,1-2,6-9H2,3H3,(H,11,13). The van der Waals surface area contributed by atoms with Gasteiger partial charge in [0.2, 0.25) is 5.91 Å². The minimum absolute atomic E-state index is 0.0474. The van der Waals surface area contributed by atoms with E-state index in [0.717, 1.165) is 0 Å². The first kappa shape index (κ1) is 11.9. The summed E-state index contributed by atoms with van der Waals surface area (Å²) in [7, 11) is 0. The van der Waals surface area contributed by atoms with Crippen molar-refractivity contribution in [2.75, 3.05) is 26.2 Å². The van der Waals surface area contributed by atoms with E-state index in [2.05, 4.69) is 18.5 Å². The van der Waals surface area contributed by atoms with Crippen molar-refractivity contribution in [3.8, 4) is 0 Å². The van der Waals surface area contributed by atoms with Gasteiger partial charge in [0.25, 0.3) is 0 Å². The van der Waals surface area contributed by atoms with Crippen LogP contribution in [0.25, 0.3) is 0 Å². The molecular formula is C10H18N2O. The quantitative estimate of drug-likeness (QED) is 0.591. The van der Waals surface area contributed by atoms with Crippen LogP contribution in [-0.4, -0.2) is 37.0 Å². The van der Waals surface area contributed by atoms with Crippen LogP contribution < -0.4 is 5.32 Å². The van der Waals surface area contributed by atoms with Crippen molar-refractivity contribution < 1.29 is 4.79 Å². The first-order chi connectivity index (χ1) is 6.24. The van der Waals surface area contributed by atoms with E-state index in [-0.39, 0.29) is 5.91 Å². The van der Waals surface area contributed by atoms with E-state index in [0.29, 0.717) is 26.2 Å². The molecule has 0 atom stereocenters. The van der Waals surface area contributed by atoms with E-state index in [9.17, 15) is 4.79 Å². The number of rotatable bonds is 7. The molecule has 13 heavy (non-hydrogen) atoms. The van der Waals surface area contributed by atoms with Crippen LogP contribution in [0.1, 0.15) is 6.92 Å². The van der Waals surface area contributed by atoms with Crippen LogP contribution in [-0.2, 0) is 4.79 Å². The fourth-order valence-electron chi connectivity index (χ4n) is 1.02. The number of amides is 1. The molecule has 0 aromatic heterocycles. The summed E-state index contributed by atoms with van der Waals surface area (Å²) < 4.78 is 0. The molecule has 0 radical (unpaired) electrons.